The van der Waals surface area contributed by atoms with E-state index in [4.69, 9.17) is 4.42 Å². The first kappa shape index (κ1) is 14.1. The minimum Gasteiger partial charge on any atom is -0.458 e. The van der Waals surface area contributed by atoms with Crippen LogP contribution in [0.3, 0.4) is 0 Å². The molecule has 104 valence electrons. The summed E-state index contributed by atoms with van der Waals surface area (Å²) in [5, 5.41) is 11.1. The Labute approximate surface area is 113 Å². The Balaban J connectivity index is 2.22. The highest BCUT2D eigenvalue weighted by Crippen LogP contribution is 2.32. The predicted octanol–water partition coefficient (Wildman–Crippen LogP) is 4.82. The number of furan rings is 1. The molecule has 2 aromatic rings. The summed E-state index contributed by atoms with van der Waals surface area (Å²) < 4.78 is 18.8. The van der Waals surface area contributed by atoms with Gasteiger partial charge in [0.1, 0.15) is 23.3 Å². The molecule has 1 heterocycles. The van der Waals surface area contributed by atoms with E-state index in [1.807, 2.05) is 0 Å². The van der Waals surface area contributed by atoms with Crippen molar-refractivity contribution in [2.24, 2.45) is 5.92 Å². The van der Waals surface area contributed by atoms with Gasteiger partial charge in [0.2, 0.25) is 0 Å². The highest BCUT2D eigenvalue weighted by molar-refractivity contribution is 5.77. The molecular formula is C16H21FO2. The number of fused-ring (bicyclic) bond motifs is 1. The van der Waals surface area contributed by atoms with Crippen molar-refractivity contribution in [2.45, 2.75) is 45.6 Å². The molecule has 2 nitrogen and oxygen atoms in total. The van der Waals surface area contributed by atoms with Crippen molar-refractivity contribution in [3.8, 4) is 0 Å². The number of unbranched alkanes of at least 4 members (excludes halogenated alkanes) is 1. The van der Waals surface area contributed by atoms with Crippen LogP contribution in [-0.4, -0.2) is 5.11 Å². The van der Waals surface area contributed by atoms with Crippen molar-refractivity contribution in [1.82, 2.24) is 0 Å². The normalized spacial score (nSPS) is 14.7. The molecule has 0 bridgehead atoms. The molecule has 1 aromatic heterocycles. The summed E-state index contributed by atoms with van der Waals surface area (Å²) in [6, 6.07) is 6.16. The lowest BCUT2D eigenvalue weighted by Gasteiger charge is -2.19. The molecule has 0 saturated carbocycles. The summed E-state index contributed by atoms with van der Waals surface area (Å²) >= 11 is 0. The highest BCUT2D eigenvalue weighted by Gasteiger charge is 2.22. The monoisotopic (exact) mass is 264 g/mol. The third kappa shape index (κ3) is 3.16. The number of rotatable bonds is 6. The van der Waals surface area contributed by atoms with Crippen LogP contribution in [0.15, 0.2) is 28.7 Å². The number of aliphatic hydroxyl groups is 1. The van der Waals surface area contributed by atoms with Crippen LogP contribution in [-0.2, 0) is 0 Å². The molecule has 0 spiro atoms. The lowest BCUT2D eigenvalue weighted by atomic mass is 9.92. The molecule has 2 rings (SSSR count). The minimum absolute atomic E-state index is 0.199. The van der Waals surface area contributed by atoms with Crippen LogP contribution in [0.25, 0.3) is 11.0 Å². The van der Waals surface area contributed by atoms with E-state index in [1.54, 1.807) is 12.1 Å². The topological polar surface area (TPSA) is 33.4 Å². The summed E-state index contributed by atoms with van der Waals surface area (Å²) in [6.45, 7) is 4.22. The van der Waals surface area contributed by atoms with Crippen molar-refractivity contribution in [1.29, 1.82) is 0 Å². The van der Waals surface area contributed by atoms with Crippen LogP contribution in [0.1, 0.15) is 51.4 Å². The average Bonchev–Trinajstić information content (AvgIpc) is 2.82. The van der Waals surface area contributed by atoms with Gasteiger partial charge in [-0.05, 0) is 36.6 Å². The van der Waals surface area contributed by atoms with Gasteiger partial charge in [0.25, 0.3) is 0 Å². The second-order valence-electron chi connectivity index (χ2n) is 5.09. The molecule has 19 heavy (non-hydrogen) atoms. The van der Waals surface area contributed by atoms with Crippen molar-refractivity contribution in [3.63, 3.8) is 0 Å². The van der Waals surface area contributed by atoms with Crippen molar-refractivity contribution in [2.75, 3.05) is 0 Å². The largest absolute Gasteiger partial charge is 0.458 e. The highest BCUT2D eigenvalue weighted by atomic mass is 19.1. The van der Waals surface area contributed by atoms with Gasteiger partial charge in [-0.25, -0.2) is 4.39 Å². The molecule has 2 unspecified atom stereocenters. The fourth-order valence-corrected chi connectivity index (χ4v) is 2.46. The lowest BCUT2D eigenvalue weighted by Crippen LogP contribution is -2.11. The minimum atomic E-state index is -0.605. The van der Waals surface area contributed by atoms with Gasteiger partial charge < -0.3 is 9.52 Å². The summed E-state index contributed by atoms with van der Waals surface area (Å²) in [7, 11) is 0. The van der Waals surface area contributed by atoms with E-state index in [1.165, 1.54) is 12.1 Å². The van der Waals surface area contributed by atoms with Gasteiger partial charge >= 0.3 is 0 Å². The molecule has 0 saturated heterocycles. The molecule has 2 atom stereocenters. The Morgan fingerprint density at radius 1 is 1.26 bits per heavy atom. The van der Waals surface area contributed by atoms with E-state index >= 15 is 0 Å². The Morgan fingerprint density at radius 2 is 2.05 bits per heavy atom. The first-order chi connectivity index (χ1) is 9.15. The fourth-order valence-electron chi connectivity index (χ4n) is 2.46. The van der Waals surface area contributed by atoms with E-state index in [9.17, 15) is 9.50 Å². The van der Waals surface area contributed by atoms with Crippen LogP contribution in [0.2, 0.25) is 0 Å². The first-order valence-electron chi connectivity index (χ1n) is 7.02. The van der Waals surface area contributed by atoms with E-state index in [0.29, 0.717) is 16.7 Å². The second kappa shape index (κ2) is 6.20. The Hall–Kier alpha value is -1.35. The summed E-state index contributed by atoms with van der Waals surface area (Å²) in [4.78, 5) is 0. The van der Waals surface area contributed by atoms with E-state index in [0.717, 1.165) is 25.7 Å². The molecule has 3 heteroatoms. The Morgan fingerprint density at radius 3 is 2.74 bits per heavy atom. The molecular weight excluding hydrogens is 243 g/mol. The Kier molecular flexibility index (Phi) is 4.59. The zero-order chi connectivity index (χ0) is 13.8. The molecule has 0 aliphatic rings. The van der Waals surface area contributed by atoms with Gasteiger partial charge in [0, 0.05) is 5.39 Å². The van der Waals surface area contributed by atoms with Crippen molar-refractivity contribution < 1.29 is 13.9 Å². The number of hydrogen-bond donors (Lipinski definition) is 1. The van der Waals surface area contributed by atoms with E-state index < -0.39 is 6.10 Å². The predicted molar refractivity (Wildman–Crippen MR) is 74.4 cm³/mol. The maximum Gasteiger partial charge on any atom is 0.134 e. The van der Waals surface area contributed by atoms with Crippen LogP contribution in [0.4, 0.5) is 4.39 Å². The average molecular weight is 264 g/mol. The zero-order valence-electron chi connectivity index (χ0n) is 11.5. The van der Waals surface area contributed by atoms with Gasteiger partial charge in [-0.2, -0.15) is 0 Å². The second-order valence-corrected chi connectivity index (χ2v) is 5.09. The van der Waals surface area contributed by atoms with Gasteiger partial charge in [0.05, 0.1) is 0 Å². The van der Waals surface area contributed by atoms with Gasteiger partial charge in [-0.15, -0.1) is 0 Å². The van der Waals surface area contributed by atoms with Gasteiger partial charge in [-0.1, -0.05) is 33.1 Å². The number of aliphatic hydroxyl groups excluding tert-OH is 1. The zero-order valence-corrected chi connectivity index (χ0v) is 11.5. The molecule has 1 aromatic carbocycles. The van der Waals surface area contributed by atoms with E-state index in [2.05, 4.69) is 13.8 Å². The van der Waals surface area contributed by atoms with Gasteiger partial charge in [-0.3, -0.25) is 0 Å². The lowest BCUT2D eigenvalue weighted by molar-refractivity contribution is 0.0793. The maximum atomic E-state index is 13.1. The summed E-state index contributed by atoms with van der Waals surface area (Å²) in [5.41, 5.74) is 0.626. The van der Waals surface area contributed by atoms with Crippen LogP contribution in [0, 0.1) is 11.7 Å². The number of halogens is 1. The summed E-state index contributed by atoms with van der Waals surface area (Å²) in [5.74, 6) is 0.460. The van der Waals surface area contributed by atoms with Crippen molar-refractivity contribution in [3.05, 3.63) is 35.8 Å². The molecule has 0 fully saturated rings. The number of benzene rings is 1. The molecule has 0 radical (unpaired) electrons. The molecule has 0 amide bonds. The third-order valence-electron chi connectivity index (χ3n) is 3.69. The fraction of sp³-hybridized carbons (Fsp3) is 0.500. The number of hydrogen-bond acceptors (Lipinski definition) is 2. The van der Waals surface area contributed by atoms with E-state index in [-0.39, 0.29) is 11.7 Å². The third-order valence-corrected chi connectivity index (χ3v) is 3.69. The van der Waals surface area contributed by atoms with Crippen molar-refractivity contribution >= 4 is 11.0 Å². The quantitative estimate of drug-likeness (QED) is 0.811. The Bertz CT molecular complexity index is 533. The summed E-state index contributed by atoms with van der Waals surface area (Å²) in [6.07, 6.45) is 3.51. The standard InChI is InChI=1S/C16H21FO2/c1-3-5-6-11(4-2)16(18)15-10-12-9-13(17)7-8-14(12)19-15/h7-11,16,18H,3-6H2,1-2H3. The SMILES string of the molecule is CCCCC(CC)C(O)c1cc2cc(F)ccc2o1. The molecule has 0 aliphatic heterocycles. The molecule has 1 N–H and O–H groups in total. The maximum absolute atomic E-state index is 13.1. The smallest absolute Gasteiger partial charge is 0.134 e. The first-order valence-corrected chi connectivity index (χ1v) is 7.02. The van der Waals surface area contributed by atoms with Crippen LogP contribution >= 0.6 is 0 Å². The molecule has 0 aliphatic carbocycles. The van der Waals surface area contributed by atoms with Gasteiger partial charge in [0.15, 0.2) is 0 Å². The van der Waals surface area contributed by atoms with Crippen LogP contribution < -0.4 is 0 Å². The van der Waals surface area contributed by atoms with Crippen LogP contribution in [0.5, 0.6) is 0 Å².